The van der Waals surface area contributed by atoms with Gasteiger partial charge in [-0.25, -0.2) is 16.8 Å². The monoisotopic (exact) mass is 794 g/mol. The molecular weight excluding hydrogens is 719 g/mol. The zero-order valence-electron chi connectivity index (χ0n) is 33.3. The first-order valence-corrected chi connectivity index (χ1v) is 24.3. The van der Waals surface area contributed by atoms with Crippen LogP contribution in [0.15, 0.2) is 0 Å². The van der Waals surface area contributed by atoms with E-state index in [0.717, 1.165) is 38.5 Å². The minimum atomic E-state index is -3.98. The number of hydrogen-bond acceptors (Lipinski definition) is 8. The second-order valence-corrected chi connectivity index (χ2v) is 18.0. The fourth-order valence-electron chi connectivity index (χ4n) is 5.30. The summed E-state index contributed by atoms with van der Waals surface area (Å²) in [5, 5.41) is 0. The van der Waals surface area contributed by atoms with E-state index < -0.39 is 30.4 Å². The van der Waals surface area contributed by atoms with Gasteiger partial charge in [0.05, 0.1) is 26.0 Å². The average Bonchev–Trinajstić information content (AvgIpc) is 2.99. The molecule has 50 heavy (non-hydrogen) atoms. The quantitative estimate of drug-likeness (QED) is 0.0562. The Morgan fingerprint density at radius 2 is 0.480 bits per heavy atom. The first kappa shape index (κ1) is 61.0. The van der Waals surface area contributed by atoms with Gasteiger partial charge in [0.1, 0.15) is 0 Å². The van der Waals surface area contributed by atoms with Crippen molar-refractivity contribution in [2.24, 2.45) is 0 Å². The molecule has 0 saturated carbocycles. The molecule has 14 heteroatoms. The van der Waals surface area contributed by atoms with Gasteiger partial charge in [0.2, 0.25) is 0 Å². The van der Waals surface area contributed by atoms with E-state index in [2.05, 4.69) is 20.8 Å². The van der Waals surface area contributed by atoms with Gasteiger partial charge in [-0.2, -0.15) is 8.42 Å². The Morgan fingerprint density at radius 1 is 0.320 bits per heavy atom. The van der Waals surface area contributed by atoms with E-state index in [1.165, 1.54) is 135 Å². The van der Waals surface area contributed by atoms with Crippen molar-refractivity contribution in [2.75, 3.05) is 17.3 Å². The Kier molecular flexibility index (Phi) is 55.0. The van der Waals surface area contributed by atoms with E-state index in [4.69, 9.17) is 4.55 Å². The summed E-state index contributed by atoms with van der Waals surface area (Å²) in [6.07, 6.45) is 34.5. The van der Waals surface area contributed by atoms with Crippen LogP contribution in [0.3, 0.4) is 0 Å². The molecule has 0 aliphatic carbocycles. The molecule has 0 heterocycles. The molecule has 0 radical (unpaired) electrons. The Bertz CT molecular complexity index is 840. The second kappa shape index (κ2) is 45.1. The van der Waals surface area contributed by atoms with Crippen LogP contribution in [0.4, 0.5) is 0 Å². The van der Waals surface area contributed by atoms with Crippen LogP contribution in [-0.4, -0.2) is 56.2 Å². The van der Waals surface area contributed by atoms with E-state index in [1.807, 2.05) is 0 Å². The van der Waals surface area contributed by atoms with E-state index in [1.54, 1.807) is 0 Å². The molecule has 0 fully saturated rings. The van der Waals surface area contributed by atoms with Crippen LogP contribution in [0.5, 0.6) is 0 Å². The minimum absolute atomic E-state index is 0. The molecule has 0 atom stereocenters. The molecule has 9 nitrogen and oxygen atoms in total. The van der Waals surface area contributed by atoms with Crippen LogP contribution in [0.25, 0.3) is 0 Å². The van der Waals surface area contributed by atoms with E-state index in [9.17, 15) is 34.4 Å². The van der Waals surface area contributed by atoms with Crippen molar-refractivity contribution in [2.45, 2.75) is 213 Å². The first-order chi connectivity index (χ1) is 22.7. The molecule has 0 aliphatic heterocycles. The molecule has 0 unspecified atom stereocenters. The van der Waals surface area contributed by atoms with Crippen molar-refractivity contribution >= 4 is 30.4 Å². The van der Waals surface area contributed by atoms with Crippen LogP contribution in [-0.2, 0) is 30.4 Å². The molecule has 0 aromatic carbocycles. The topological polar surface area (TPSA) is 169 Å². The molecule has 0 saturated heterocycles. The van der Waals surface area contributed by atoms with Gasteiger partial charge >= 0.3 is 59.1 Å². The van der Waals surface area contributed by atoms with Gasteiger partial charge in [-0.1, -0.05) is 194 Å². The maximum absolute atomic E-state index is 10.4. The molecule has 0 rings (SSSR count). The molecule has 1 N–H and O–H groups in total. The Hall–Kier alpha value is 1.73. The van der Waals surface area contributed by atoms with E-state index in [0.29, 0.717) is 19.3 Å². The molecule has 0 amide bonds. The molecule has 0 spiro atoms. The zero-order chi connectivity index (χ0) is 36.8. The van der Waals surface area contributed by atoms with Crippen molar-refractivity contribution < 1.29 is 98.0 Å². The Labute approximate surface area is 355 Å². The summed E-state index contributed by atoms with van der Waals surface area (Å²) >= 11 is 0. The smallest absolute Gasteiger partial charge is 0.748 e. The van der Waals surface area contributed by atoms with Gasteiger partial charge in [0.15, 0.2) is 0 Å². The fourth-order valence-corrected chi connectivity index (χ4v) is 6.99. The van der Waals surface area contributed by atoms with E-state index >= 15 is 0 Å². The maximum atomic E-state index is 10.4. The second-order valence-electron chi connectivity index (χ2n) is 13.4. The van der Waals surface area contributed by atoms with E-state index in [-0.39, 0.29) is 76.4 Å². The van der Waals surface area contributed by atoms with Crippen LogP contribution in [0.1, 0.15) is 213 Å². The Morgan fingerprint density at radius 3 is 0.640 bits per heavy atom. The first-order valence-electron chi connectivity index (χ1n) is 19.5. The van der Waals surface area contributed by atoms with Crippen LogP contribution >= 0.6 is 0 Å². The van der Waals surface area contributed by atoms with Crippen LogP contribution in [0.2, 0.25) is 0 Å². The summed E-state index contributed by atoms with van der Waals surface area (Å²) < 4.78 is 91.2. The third-order valence-corrected chi connectivity index (χ3v) is 10.6. The van der Waals surface area contributed by atoms with Gasteiger partial charge < -0.3 is 9.11 Å². The number of rotatable bonds is 33. The van der Waals surface area contributed by atoms with Crippen LogP contribution in [0, 0.1) is 0 Å². The van der Waals surface area contributed by atoms with Gasteiger partial charge in [-0.15, -0.1) is 0 Å². The van der Waals surface area contributed by atoms with Gasteiger partial charge in [-0.3, -0.25) is 4.55 Å². The Balaban J connectivity index is -0.000000199. The largest absolute Gasteiger partial charge is 1.00 e. The summed E-state index contributed by atoms with van der Waals surface area (Å²) in [4.78, 5) is 0. The van der Waals surface area contributed by atoms with Crippen molar-refractivity contribution in [3.8, 4) is 0 Å². The molecular formula is C36H76Na2O9S3. The van der Waals surface area contributed by atoms with Gasteiger partial charge in [-0.05, 0) is 19.3 Å². The predicted molar refractivity (Wildman–Crippen MR) is 201 cm³/mol. The van der Waals surface area contributed by atoms with Crippen LogP contribution < -0.4 is 59.1 Å². The number of unbranched alkanes of at least 4 members (excludes halogenated alkanes) is 27. The molecule has 0 aliphatic rings. The normalized spacial score (nSPS) is 11.4. The SMILES string of the molecule is CCCCCCCCCCCCS(=O)(=O)O.CCCCCCCCCCCCS(=O)(=O)[O-].CCCCCCCCCCCCS(=O)(=O)[O-].[Na+].[Na+]. The molecule has 0 aromatic rings. The summed E-state index contributed by atoms with van der Waals surface area (Å²) in [7, 11) is -11.7. The average molecular weight is 795 g/mol. The maximum Gasteiger partial charge on any atom is 1.00 e. The summed E-state index contributed by atoms with van der Waals surface area (Å²) in [6.45, 7) is 6.64. The molecule has 0 aromatic heterocycles. The number of hydrogen-bond donors (Lipinski definition) is 1. The van der Waals surface area contributed by atoms with Crippen molar-refractivity contribution in [3.63, 3.8) is 0 Å². The summed E-state index contributed by atoms with van der Waals surface area (Å²) in [5.41, 5.74) is 0. The third-order valence-electron chi connectivity index (χ3n) is 8.25. The molecule has 0 bridgehead atoms. The van der Waals surface area contributed by atoms with Crippen molar-refractivity contribution in [3.05, 3.63) is 0 Å². The van der Waals surface area contributed by atoms with Gasteiger partial charge in [0, 0.05) is 11.5 Å². The fraction of sp³-hybridized carbons (Fsp3) is 1.00. The van der Waals surface area contributed by atoms with Crippen molar-refractivity contribution in [1.29, 1.82) is 0 Å². The third kappa shape index (κ3) is 71.2. The summed E-state index contributed by atoms with van der Waals surface area (Å²) in [6, 6.07) is 0. The zero-order valence-corrected chi connectivity index (χ0v) is 39.7. The summed E-state index contributed by atoms with van der Waals surface area (Å²) in [5.74, 6) is -0.462. The predicted octanol–water partition coefficient (Wildman–Crippen LogP) is 4.71. The molecule has 294 valence electrons. The van der Waals surface area contributed by atoms with Crippen molar-refractivity contribution in [1.82, 2.24) is 0 Å². The van der Waals surface area contributed by atoms with Gasteiger partial charge in [0.25, 0.3) is 10.1 Å². The standard InChI is InChI=1S/3C12H26O3S.2Na/c3*1-2-3-4-5-6-7-8-9-10-11-12-16(13,14)15;;/h3*2-12H2,1H3,(H,13,14,15);;/q;;;2*+1/p-2. The minimum Gasteiger partial charge on any atom is -0.748 e.